The smallest absolute Gasteiger partial charge is 0.313 e. The van der Waals surface area contributed by atoms with Gasteiger partial charge in [0.05, 0.1) is 6.10 Å². The van der Waals surface area contributed by atoms with E-state index in [1.807, 2.05) is 44.2 Å². The fourth-order valence-electron chi connectivity index (χ4n) is 2.14. The second-order valence-corrected chi connectivity index (χ2v) is 5.81. The summed E-state index contributed by atoms with van der Waals surface area (Å²) in [6, 6.07) is 9.80. The number of benzene rings is 1. The fraction of sp³-hybridized carbons (Fsp3) is 0.538. The molecule has 3 N–H and O–H groups in total. The molecule has 0 aliphatic heterocycles. The van der Waals surface area contributed by atoms with Crippen LogP contribution in [0.4, 0.5) is 0 Å². The normalized spacial score (nSPS) is 16.5. The van der Waals surface area contributed by atoms with Crippen LogP contribution in [0.5, 0.6) is 0 Å². The van der Waals surface area contributed by atoms with Gasteiger partial charge in [-0.1, -0.05) is 57.0 Å². The lowest BCUT2D eigenvalue weighted by Crippen LogP contribution is -2.26. The molecular weight excluding hydrogens is 249 g/mol. The molecule has 2 atom stereocenters. The van der Waals surface area contributed by atoms with Crippen molar-refractivity contribution in [1.29, 1.82) is 0 Å². The zero-order chi connectivity index (χ0) is 13.6. The van der Waals surface area contributed by atoms with Gasteiger partial charge in [0.25, 0.3) is 0 Å². The van der Waals surface area contributed by atoms with Crippen LogP contribution in [0.1, 0.15) is 32.3 Å². The van der Waals surface area contributed by atoms with E-state index >= 15 is 0 Å². The van der Waals surface area contributed by atoms with Crippen LogP contribution in [0.25, 0.3) is 0 Å². The van der Waals surface area contributed by atoms with E-state index in [1.165, 1.54) is 0 Å². The Bertz CT molecular complexity index is 386. The molecule has 0 fully saturated rings. The molecule has 0 aliphatic rings. The molecule has 0 amide bonds. The molecule has 0 radical (unpaired) electrons. The first-order valence-corrected chi connectivity index (χ1v) is 7.94. The number of nitrogens with two attached hydrogens (primary N) is 1. The summed E-state index contributed by atoms with van der Waals surface area (Å²) in [5, 5.41) is 0. The second kappa shape index (κ2) is 7.05. The predicted octanol–water partition coefficient (Wildman–Crippen LogP) is 3.11. The molecule has 0 saturated heterocycles. The standard InChI is InChI=1S/C13H22NO3P/c1-3-12(4-2)13(17-18(14,15)16)10-11-8-6-5-7-9-11/h5-9,12-13H,3-4,10H2,1-2H3,(H3,14,15,16). The van der Waals surface area contributed by atoms with Crippen LogP contribution >= 0.6 is 7.75 Å². The molecular formula is C13H22NO3P. The Morgan fingerprint density at radius 1 is 1.28 bits per heavy atom. The van der Waals surface area contributed by atoms with E-state index in [0.717, 1.165) is 18.4 Å². The van der Waals surface area contributed by atoms with Crippen LogP contribution in [0, 0.1) is 5.92 Å². The summed E-state index contributed by atoms with van der Waals surface area (Å²) in [6.07, 6.45) is 2.08. The van der Waals surface area contributed by atoms with Gasteiger partial charge in [0.15, 0.2) is 0 Å². The summed E-state index contributed by atoms with van der Waals surface area (Å²) < 4.78 is 16.4. The third-order valence-electron chi connectivity index (χ3n) is 3.14. The van der Waals surface area contributed by atoms with E-state index in [1.54, 1.807) is 0 Å². The van der Waals surface area contributed by atoms with Crippen molar-refractivity contribution in [2.24, 2.45) is 11.4 Å². The highest BCUT2D eigenvalue weighted by molar-refractivity contribution is 7.50. The fourth-order valence-corrected chi connectivity index (χ4v) is 2.78. The molecule has 0 heterocycles. The van der Waals surface area contributed by atoms with Crippen molar-refractivity contribution in [2.45, 2.75) is 39.2 Å². The quantitative estimate of drug-likeness (QED) is 0.747. The van der Waals surface area contributed by atoms with Crippen molar-refractivity contribution < 1.29 is 14.0 Å². The van der Waals surface area contributed by atoms with Crippen LogP contribution in [0.15, 0.2) is 30.3 Å². The first kappa shape index (κ1) is 15.4. The van der Waals surface area contributed by atoms with E-state index in [4.69, 9.17) is 10.0 Å². The summed E-state index contributed by atoms with van der Waals surface area (Å²) >= 11 is 0. The maximum Gasteiger partial charge on any atom is 0.400 e. The summed E-state index contributed by atoms with van der Waals surface area (Å²) in [5.41, 5.74) is 6.21. The summed E-state index contributed by atoms with van der Waals surface area (Å²) in [6.45, 7) is 4.10. The number of rotatable bonds is 7. The van der Waals surface area contributed by atoms with Crippen LogP contribution in [-0.4, -0.2) is 11.0 Å². The monoisotopic (exact) mass is 271 g/mol. The van der Waals surface area contributed by atoms with Crippen molar-refractivity contribution in [1.82, 2.24) is 0 Å². The van der Waals surface area contributed by atoms with Gasteiger partial charge < -0.3 is 4.89 Å². The Morgan fingerprint density at radius 2 is 1.83 bits per heavy atom. The van der Waals surface area contributed by atoms with E-state index < -0.39 is 7.75 Å². The van der Waals surface area contributed by atoms with Gasteiger partial charge in [-0.2, -0.15) is 0 Å². The minimum atomic E-state index is -3.94. The molecule has 0 aliphatic carbocycles. The molecule has 1 aromatic rings. The van der Waals surface area contributed by atoms with Crippen LogP contribution in [0.2, 0.25) is 0 Å². The largest absolute Gasteiger partial charge is 0.400 e. The Morgan fingerprint density at radius 3 is 2.28 bits per heavy atom. The summed E-state index contributed by atoms with van der Waals surface area (Å²) in [5.74, 6) is 0.231. The van der Waals surface area contributed by atoms with E-state index in [0.29, 0.717) is 6.42 Å². The average molecular weight is 271 g/mol. The van der Waals surface area contributed by atoms with E-state index in [9.17, 15) is 9.46 Å². The molecule has 0 bridgehead atoms. The van der Waals surface area contributed by atoms with Crippen LogP contribution in [-0.2, 0) is 15.5 Å². The highest BCUT2D eigenvalue weighted by atomic mass is 31.2. The van der Waals surface area contributed by atoms with Crippen molar-refractivity contribution in [3.63, 3.8) is 0 Å². The molecule has 102 valence electrons. The zero-order valence-electron chi connectivity index (χ0n) is 11.0. The third-order valence-corrected chi connectivity index (χ3v) is 3.71. The minimum absolute atomic E-state index is 0.231. The van der Waals surface area contributed by atoms with E-state index in [2.05, 4.69) is 0 Å². The molecule has 4 nitrogen and oxygen atoms in total. The van der Waals surface area contributed by atoms with Gasteiger partial charge in [-0.15, -0.1) is 0 Å². The minimum Gasteiger partial charge on any atom is -0.313 e. The molecule has 2 unspecified atom stereocenters. The van der Waals surface area contributed by atoms with Gasteiger partial charge in [0.1, 0.15) is 0 Å². The predicted molar refractivity (Wildman–Crippen MR) is 73.1 cm³/mol. The molecule has 1 aromatic carbocycles. The Kier molecular flexibility index (Phi) is 6.03. The number of hydrogen-bond donors (Lipinski definition) is 2. The van der Waals surface area contributed by atoms with Crippen LogP contribution in [0.3, 0.4) is 0 Å². The topological polar surface area (TPSA) is 72.5 Å². The van der Waals surface area contributed by atoms with Gasteiger partial charge >= 0.3 is 7.75 Å². The highest BCUT2D eigenvalue weighted by Crippen LogP contribution is 2.37. The number of hydrogen-bond acceptors (Lipinski definition) is 2. The van der Waals surface area contributed by atoms with E-state index in [-0.39, 0.29) is 12.0 Å². The summed E-state index contributed by atoms with van der Waals surface area (Å²) in [7, 11) is -3.94. The second-order valence-electron chi connectivity index (χ2n) is 4.47. The Labute approximate surface area is 109 Å². The Hall–Kier alpha value is -0.670. The third kappa shape index (κ3) is 5.32. The van der Waals surface area contributed by atoms with Crippen molar-refractivity contribution in [2.75, 3.05) is 0 Å². The summed E-state index contributed by atoms with van der Waals surface area (Å²) in [4.78, 5) is 9.22. The average Bonchev–Trinajstić information content (AvgIpc) is 2.29. The first-order valence-electron chi connectivity index (χ1n) is 6.30. The lowest BCUT2D eigenvalue weighted by Gasteiger charge is -2.26. The van der Waals surface area contributed by atoms with Gasteiger partial charge in [0, 0.05) is 0 Å². The van der Waals surface area contributed by atoms with Gasteiger partial charge in [0.2, 0.25) is 0 Å². The maximum absolute atomic E-state index is 11.3. The molecule has 0 saturated carbocycles. The van der Waals surface area contributed by atoms with Gasteiger partial charge in [-0.3, -0.25) is 4.52 Å². The first-order chi connectivity index (χ1) is 8.46. The van der Waals surface area contributed by atoms with Crippen molar-refractivity contribution in [3.05, 3.63) is 35.9 Å². The Balaban J connectivity index is 2.80. The molecule has 18 heavy (non-hydrogen) atoms. The van der Waals surface area contributed by atoms with Crippen molar-refractivity contribution in [3.8, 4) is 0 Å². The molecule has 1 rings (SSSR count). The molecule has 0 spiro atoms. The molecule has 0 aromatic heterocycles. The van der Waals surface area contributed by atoms with Gasteiger partial charge in [-0.25, -0.2) is 10.1 Å². The zero-order valence-corrected chi connectivity index (χ0v) is 11.8. The lowest BCUT2D eigenvalue weighted by molar-refractivity contribution is 0.111. The SMILES string of the molecule is CCC(CC)C(Cc1ccccc1)OP(N)(=O)O. The van der Waals surface area contributed by atoms with Crippen LogP contribution < -0.4 is 5.50 Å². The highest BCUT2D eigenvalue weighted by Gasteiger charge is 2.26. The maximum atomic E-state index is 11.3. The molecule has 5 heteroatoms. The lowest BCUT2D eigenvalue weighted by atomic mass is 9.92. The van der Waals surface area contributed by atoms with Gasteiger partial charge in [-0.05, 0) is 17.9 Å². The van der Waals surface area contributed by atoms with Crippen molar-refractivity contribution >= 4 is 7.75 Å².